The van der Waals surface area contributed by atoms with Gasteiger partial charge in [-0.3, -0.25) is 4.79 Å². The highest BCUT2D eigenvalue weighted by Crippen LogP contribution is 2.26. The van der Waals surface area contributed by atoms with Crippen LogP contribution in [-0.2, 0) is 0 Å². The predicted octanol–water partition coefficient (Wildman–Crippen LogP) is 5.31. The summed E-state index contributed by atoms with van der Waals surface area (Å²) < 4.78 is 5.98. The number of methoxy groups -OCH3 is 1. The number of benzene rings is 2. The van der Waals surface area contributed by atoms with Crippen LogP contribution >= 0.6 is 27.5 Å². The van der Waals surface area contributed by atoms with Gasteiger partial charge in [0.15, 0.2) is 5.78 Å². The molecule has 0 atom stereocenters. The third-order valence-corrected chi connectivity index (χ3v) is 3.79. The highest BCUT2D eigenvalue weighted by Gasteiger charge is 2.05. The van der Waals surface area contributed by atoms with Crippen molar-refractivity contribution in [3.63, 3.8) is 0 Å². The standard InChI is InChI=1S/C17H15BrClNO2/c1-11(20-16-8-5-13(18)10-15(16)19)9-17(21)12-3-6-14(22-2)7-4-12/h3-10,20H,1-2H3/b11-9+. The minimum Gasteiger partial charge on any atom is -0.497 e. The number of ketones is 1. The molecule has 2 aromatic rings. The normalized spacial score (nSPS) is 11.2. The van der Waals surface area contributed by atoms with Crippen LogP contribution in [-0.4, -0.2) is 12.9 Å². The highest BCUT2D eigenvalue weighted by atomic mass is 79.9. The molecule has 0 heterocycles. The lowest BCUT2D eigenvalue weighted by molar-refractivity contribution is 0.104. The summed E-state index contributed by atoms with van der Waals surface area (Å²) in [7, 11) is 1.59. The average Bonchev–Trinajstić information content (AvgIpc) is 2.50. The number of carbonyl (C=O) groups is 1. The fraction of sp³-hybridized carbons (Fsp3) is 0.118. The van der Waals surface area contributed by atoms with E-state index in [4.69, 9.17) is 16.3 Å². The quantitative estimate of drug-likeness (QED) is 0.564. The molecule has 0 bridgehead atoms. The van der Waals surface area contributed by atoms with E-state index in [0.29, 0.717) is 16.3 Å². The van der Waals surface area contributed by atoms with E-state index in [0.717, 1.165) is 15.9 Å². The number of hydrogen-bond donors (Lipinski definition) is 1. The van der Waals surface area contributed by atoms with Gasteiger partial charge in [-0.2, -0.15) is 0 Å². The first-order chi connectivity index (χ1) is 10.5. The number of allylic oxidation sites excluding steroid dienone is 2. The predicted molar refractivity (Wildman–Crippen MR) is 93.9 cm³/mol. The zero-order valence-corrected chi connectivity index (χ0v) is 14.5. The third kappa shape index (κ3) is 4.36. The van der Waals surface area contributed by atoms with Crippen LogP contribution in [0.15, 0.2) is 58.7 Å². The average molecular weight is 381 g/mol. The molecule has 0 aromatic heterocycles. The lowest BCUT2D eigenvalue weighted by Gasteiger charge is -2.09. The Hall–Kier alpha value is -1.78. The zero-order valence-electron chi connectivity index (χ0n) is 12.2. The maximum Gasteiger partial charge on any atom is 0.187 e. The van der Waals surface area contributed by atoms with E-state index in [9.17, 15) is 4.79 Å². The zero-order chi connectivity index (χ0) is 16.1. The van der Waals surface area contributed by atoms with Gasteiger partial charge in [-0.05, 0) is 49.4 Å². The van der Waals surface area contributed by atoms with Gasteiger partial charge >= 0.3 is 0 Å². The molecule has 0 aliphatic carbocycles. The van der Waals surface area contributed by atoms with Crippen molar-refractivity contribution in [3.05, 3.63) is 69.3 Å². The van der Waals surface area contributed by atoms with Crippen molar-refractivity contribution >= 4 is 39.0 Å². The molecule has 0 unspecified atom stereocenters. The summed E-state index contributed by atoms with van der Waals surface area (Å²) in [5, 5.41) is 3.71. The number of halogens is 2. The third-order valence-electron chi connectivity index (χ3n) is 2.99. The van der Waals surface area contributed by atoms with E-state index in [1.165, 1.54) is 0 Å². The second-order valence-corrected chi connectivity index (χ2v) is 5.99. The van der Waals surface area contributed by atoms with Gasteiger partial charge in [0.1, 0.15) is 5.75 Å². The van der Waals surface area contributed by atoms with E-state index < -0.39 is 0 Å². The molecule has 5 heteroatoms. The monoisotopic (exact) mass is 379 g/mol. The minimum atomic E-state index is -0.0825. The fourth-order valence-corrected chi connectivity index (χ4v) is 2.60. The molecular weight excluding hydrogens is 366 g/mol. The molecule has 2 rings (SSSR count). The van der Waals surface area contributed by atoms with Gasteiger partial charge in [0.25, 0.3) is 0 Å². The number of anilines is 1. The second kappa shape index (κ2) is 7.47. The maximum absolute atomic E-state index is 12.2. The van der Waals surface area contributed by atoms with Crippen LogP contribution in [0, 0.1) is 0 Å². The largest absolute Gasteiger partial charge is 0.497 e. The van der Waals surface area contributed by atoms with Gasteiger partial charge < -0.3 is 10.1 Å². The van der Waals surface area contributed by atoms with Crippen molar-refractivity contribution in [2.24, 2.45) is 0 Å². The summed E-state index contributed by atoms with van der Waals surface area (Å²) in [5.74, 6) is 0.637. The first kappa shape index (κ1) is 16.6. The first-order valence-electron chi connectivity index (χ1n) is 6.58. The van der Waals surface area contributed by atoms with Crippen LogP contribution in [0.4, 0.5) is 5.69 Å². The SMILES string of the molecule is COc1ccc(C(=O)/C=C(\C)Nc2ccc(Br)cc2Cl)cc1. The Kier molecular flexibility index (Phi) is 5.63. The number of carbonyl (C=O) groups excluding carboxylic acids is 1. The second-order valence-electron chi connectivity index (χ2n) is 4.67. The molecule has 22 heavy (non-hydrogen) atoms. The Labute approximate surface area is 143 Å². The number of ether oxygens (including phenoxy) is 1. The van der Waals surface area contributed by atoms with Crippen molar-refractivity contribution in [1.82, 2.24) is 0 Å². The Morgan fingerprint density at radius 1 is 1.23 bits per heavy atom. The molecule has 2 aromatic carbocycles. The molecule has 0 spiro atoms. The first-order valence-corrected chi connectivity index (χ1v) is 7.75. The van der Waals surface area contributed by atoms with Gasteiger partial charge in [-0.1, -0.05) is 27.5 Å². The molecular formula is C17H15BrClNO2. The lowest BCUT2D eigenvalue weighted by Crippen LogP contribution is -2.02. The molecule has 3 nitrogen and oxygen atoms in total. The summed E-state index contributed by atoms with van der Waals surface area (Å²) >= 11 is 9.50. The van der Waals surface area contributed by atoms with Gasteiger partial charge in [0, 0.05) is 21.8 Å². The summed E-state index contributed by atoms with van der Waals surface area (Å²) in [4.78, 5) is 12.2. The van der Waals surface area contributed by atoms with Crippen LogP contribution in [0.1, 0.15) is 17.3 Å². The summed E-state index contributed by atoms with van der Waals surface area (Å²) in [5.41, 5.74) is 2.06. The number of nitrogens with one attached hydrogen (secondary N) is 1. The van der Waals surface area contributed by atoms with Crippen molar-refractivity contribution in [1.29, 1.82) is 0 Å². The molecule has 114 valence electrons. The van der Waals surface area contributed by atoms with Gasteiger partial charge in [0.2, 0.25) is 0 Å². The highest BCUT2D eigenvalue weighted by molar-refractivity contribution is 9.10. The van der Waals surface area contributed by atoms with Crippen molar-refractivity contribution in [2.45, 2.75) is 6.92 Å². The molecule has 0 radical (unpaired) electrons. The Bertz CT molecular complexity index is 711. The van der Waals surface area contributed by atoms with Gasteiger partial charge in [-0.15, -0.1) is 0 Å². The molecule has 0 amide bonds. The molecule has 0 saturated carbocycles. The molecule has 0 aliphatic heterocycles. The van der Waals surface area contributed by atoms with E-state index in [1.807, 2.05) is 19.1 Å². The topological polar surface area (TPSA) is 38.3 Å². The van der Waals surface area contributed by atoms with Crippen molar-refractivity contribution < 1.29 is 9.53 Å². The summed E-state index contributed by atoms with van der Waals surface area (Å²) in [6, 6.07) is 12.5. The number of rotatable bonds is 5. The van der Waals surface area contributed by atoms with Crippen LogP contribution in [0.5, 0.6) is 5.75 Å². The Morgan fingerprint density at radius 2 is 1.91 bits per heavy atom. The van der Waals surface area contributed by atoms with Crippen LogP contribution in [0.3, 0.4) is 0 Å². The molecule has 0 aliphatic rings. The molecule has 0 fully saturated rings. The van der Waals surface area contributed by atoms with E-state index in [-0.39, 0.29) is 5.78 Å². The van der Waals surface area contributed by atoms with E-state index in [1.54, 1.807) is 43.5 Å². The number of hydrogen-bond acceptors (Lipinski definition) is 3. The van der Waals surface area contributed by atoms with Crippen LogP contribution in [0.25, 0.3) is 0 Å². The summed E-state index contributed by atoms with van der Waals surface area (Å²) in [6.45, 7) is 1.82. The smallest absolute Gasteiger partial charge is 0.187 e. The van der Waals surface area contributed by atoms with Gasteiger partial charge in [0.05, 0.1) is 17.8 Å². The van der Waals surface area contributed by atoms with Crippen molar-refractivity contribution in [3.8, 4) is 5.75 Å². The van der Waals surface area contributed by atoms with Crippen LogP contribution in [0.2, 0.25) is 5.02 Å². The maximum atomic E-state index is 12.2. The summed E-state index contributed by atoms with van der Waals surface area (Å²) in [6.07, 6.45) is 1.54. The van der Waals surface area contributed by atoms with E-state index >= 15 is 0 Å². The molecule has 0 saturated heterocycles. The Balaban J connectivity index is 2.11. The van der Waals surface area contributed by atoms with Crippen LogP contribution < -0.4 is 10.1 Å². The van der Waals surface area contributed by atoms with Crippen molar-refractivity contribution in [2.75, 3.05) is 12.4 Å². The fourth-order valence-electron chi connectivity index (χ4n) is 1.87. The molecule has 1 N–H and O–H groups in total. The Morgan fingerprint density at radius 3 is 2.50 bits per heavy atom. The van der Waals surface area contributed by atoms with E-state index in [2.05, 4.69) is 21.2 Å². The minimum absolute atomic E-state index is 0.0825. The lowest BCUT2D eigenvalue weighted by atomic mass is 10.1. The van der Waals surface area contributed by atoms with Gasteiger partial charge in [-0.25, -0.2) is 0 Å².